The van der Waals surface area contributed by atoms with Gasteiger partial charge in [0.25, 0.3) is 5.56 Å². The molecule has 0 aliphatic heterocycles. The van der Waals surface area contributed by atoms with E-state index in [9.17, 15) is 4.79 Å². The first kappa shape index (κ1) is 19.2. The molecule has 1 aromatic carbocycles. The van der Waals surface area contributed by atoms with Gasteiger partial charge in [0.2, 0.25) is 0 Å². The quantitative estimate of drug-likeness (QED) is 0.566. The van der Waals surface area contributed by atoms with Crippen LogP contribution in [0.5, 0.6) is 0 Å². The van der Waals surface area contributed by atoms with Gasteiger partial charge < -0.3 is 4.98 Å². The summed E-state index contributed by atoms with van der Waals surface area (Å²) in [5, 5.41) is 4.48. The Morgan fingerprint density at radius 3 is 2.35 bits per heavy atom. The van der Waals surface area contributed by atoms with Gasteiger partial charge in [0, 0.05) is 21.0 Å². The summed E-state index contributed by atoms with van der Waals surface area (Å²) in [6, 6.07) is 6.46. The fraction of sp³-hybridized carbons (Fsp3) is 0.316. The number of halogens is 1. The molecule has 7 heteroatoms. The van der Waals surface area contributed by atoms with E-state index >= 15 is 0 Å². The lowest BCUT2D eigenvalue weighted by atomic mass is 10.2. The van der Waals surface area contributed by atoms with Crippen LogP contribution in [-0.4, -0.2) is 19.7 Å². The van der Waals surface area contributed by atoms with Gasteiger partial charge in [-0.15, -0.1) is 0 Å². The number of hydrogen-bond donors (Lipinski definition) is 1. The Kier molecular flexibility index (Phi) is 5.57. The zero-order valence-electron chi connectivity index (χ0n) is 15.5. The summed E-state index contributed by atoms with van der Waals surface area (Å²) in [7, 11) is 0. The molecule has 0 radical (unpaired) electrons. The van der Waals surface area contributed by atoms with E-state index in [0.717, 1.165) is 32.7 Å². The van der Waals surface area contributed by atoms with Crippen LogP contribution in [0.3, 0.4) is 0 Å². The number of rotatable bonds is 4. The molecule has 0 fully saturated rings. The van der Waals surface area contributed by atoms with E-state index in [1.54, 1.807) is 11.8 Å². The molecule has 0 aliphatic rings. The normalized spacial score (nSPS) is 11.2. The second-order valence-electron chi connectivity index (χ2n) is 6.49. The molecule has 5 nitrogen and oxygen atoms in total. The number of nitrogens with zero attached hydrogens (tertiary/aromatic N) is 3. The molecule has 2 aromatic heterocycles. The van der Waals surface area contributed by atoms with Crippen LogP contribution in [0.4, 0.5) is 0 Å². The molecule has 3 aromatic rings. The van der Waals surface area contributed by atoms with Gasteiger partial charge in [0.15, 0.2) is 0 Å². The minimum atomic E-state index is -0.0507. The Bertz CT molecular complexity index is 1020. The summed E-state index contributed by atoms with van der Waals surface area (Å²) < 4.78 is 2.60. The van der Waals surface area contributed by atoms with Crippen molar-refractivity contribution in [3.05, 3.63) is 66.2 Å². The number of H-pyrrole nitrogens is 1. The van der Waals surface area contributed by atoms with E-state index in [2.05, 4.69) is 69.7 Å². The van der Waals surface area contributed by atoms with Crippen molar-refractivity contribution in [2.24, 2.45) is 0 Å². The Morgan fingerprint density at radius 2 is 1.77 bits per heavy atom. The molecule has 0 spiro atoms. The van der Waals surface area contributed by atoms with Gasteiger partial charge in [-0.05, 0) is 80.5 Å². The number of aryl methyl sites for hydroxylation is 5. The van der Waals surface area contributed by atoms with E-state index in [1.165, 1.54) is 11.1 Å². The van der Waals surface area contributed by atoms with Crippen molar-refractivity contribution in [2.75, 3.05) is 0 Å². The van der Waals surface area contributed by atoms with Crippen LogP contribution in [0.1, 0.15) is 34.0 Å². The first-order valence-electron chi connectivity index (χ1n) is 8.30. The molecule has 1 N–H and O–H groups in total. The van der Waals surface area contributed by atoms with Crippen molar-refractivity contribution in [1.82, 2.24) is 19.7 Å². The fourth-order valence-electron chi connectivity index (χ4n) is 2.97. The maximum absolute atomic E-state index is 12.3. The van der Waals surface area contributed by atoms with Gasteiger partial charge in [-0.1, -0.05) is 17.8 Å². The van der Waals surface area contributed by atoms with Crippen LogP contribution in [0.2, 0.25) is 0 Å². The van der Waals surface area contributed by atoms with Crippen molar-refractivity contribution >= 4 is 34.4 Å². The van der Waals surface area contributed by atoms with Crippen LogP contribution >= 0.6 is 34.4 Å². The Morgan fingerprint density at radius 1 is 1.12 bits per heavy atom. The maximum atomic E-state index is 12.3. The second kappa shape index (κ2) is 7.56. The summed E-state index contributed by atoms with van der Waals surface area (Å²) in [5.74, 6) is 1.62. The average Bonchev–Trinajstić information content (AvgIpc) is 2.85. The largest absolute Gasteiger partial charge is 0.325 e. The standard InChI is InChI=1S/C19H21IN4OS/c1-10-6-11(2)8-15(7-10)26-18-16(12(3)21-19(25)17(18)20)9-24-14(5)22-13(4)23-24/h6-8H,9H2,1-5H3,(H,21,25). The van der Waals surface area contributed by atoms with Crippen LogP contribution in [0.25, 0.3) is 0 Å². The van der Waals surface area contributed by atoms with Crippen molar-refractivity contribution in [1.29, 1.82) is 0 Å². The highest BCUT2D eigenvalue weighted by atomic mass is 127. The number of benzene rings is 1. The first-order chi connectivity index (χ1) is 12.2. The summed E-state index contributed by atoms with van der Waals surface area (Å²) in [6.45, 7) is 10.5. The molecule has 3 rings (SSSR count). The van der Waals surface area contributed by atoms with Gasteiger partial charge >= 0.3 is 0 Å². The Labute approximate surface area is 170 Å². The molecular weight excluding hydrogens is 459 g/mol. The zero-order chi connectivity index (χ0) is 19.0. The van der Waals surface area contributed by atoms with E-state index < -0.39 is 0 Å². The molecule has 2 heterocycles. The van der Waals surface area contributed by atoms with E-state index in [0.29, 0.717) is 10.1 Å². The third-order valence-electron chi connectivity index (χ3n) is 4.11. The highest BCUT2D eigenvalue weighted by Gasteiger charge is 2.17. The number of nitrogens with one attached hydrogen (secondary N) is 1. The molecule has 136 valence electrons. The summed E-state index contributed by atoms with van der Waals surface area (Å²) >= 11 is 3.78. The third-order valence-corrected chi connectivity index (χ3v) is 6.63. The number of hydrogen-bond acceptors (Lipinski definition) is 4. The highest BCUT2D eigenvalue weighted by Crippen LogP contribution is 2.35. The van der Waals surface area contributed by atoms with Gasteiger partial charge in [-0.3, -0.25) is 4.79 Å². The van der Waals surface area contributed by atoms with E-state index in [-0.39, 0.29) is 5.56 Å². The molecular formula is C19H21IN4OS. The molecule has 0 saturated heterocycles. The van der Waals surface area contributed by atoms with Crippen LogP contribution < -0.4 is 5.56 Å². The lowest BCUT2D eigenvalue weighted by Gasteiger charge is -2.15. The zero-order valence-corrected chi connectivity index (χ0v) is 18.4. The number of aromatic nitrogens is 4. The predicted molar refractivity (Wildman–Crippen MR) is 113 cm³/mol. The molecule has 0 saturated carbocycles. The van der Waals surface area contributed by atoms with E-state index in [1.807, 2.05) is 25.5 Å². The smallest absolute Gasteiger partial charge is 0.262 e. The Hall–Kier alpha value is -1.61. The molecule has 0 aliphatic carbocycles. The molecule has 0 bridgehead atoms. The second-order valence-corrected chi connectivity index (χ2v) is 8.65. The van der Waals surface area contributed by atoms with Crippen LogP contribution in [-0.2, 0) is 6.54 Å². The molecule has 0 atom stereocenters. The molecule has 0 unspecified atom stereocenters. The summed E-state index contributed by atoms with van der Waals surface area (Å²) in [4.78, 5) is 21.8. The van der Waals surface area contributed by atoms with Gasteiger partial charge in [0.05, 0.1) is 10.1 Å². The SMILES string of the molecule is Cc1cc(C)cc(Sc2c(Cn3nc(C)nc3C)c(C)[nH]c(=O)c2I)c1. The van der Waals surface area contributed by atoms with Crippen molar-refractivity contribution in [3.8, 4) is 0 Å². The lowest BCUT2D eigenvalue weighted by Crippen LogP contribution is -2.18. The Balaban J connectivity index is 2.10. The van der Waals surface area contributed by atoms with Crippen LogP contribution in [0, 0.1) is 38.2 Å². The van der Waals surface area contributed by atoms with Crippen molar-refractivity contribution in [2.45, 2.75) is 51.0 Å². The van der Waals surface area contributed by atoms with Crippen molar-refractivity contribution in [3.63, 3.8) is 0 Å². The average molecular weight is 480 g/mol. The maximum Gasteiger partial charge on any atom is 0.262 e. The lowest BCUT2D eigenvalue weighted by molar-refractivity contribution is 0.642. The van der Waals surface area contributed by atoms with Gasteiger partial charge in [0.1, 0.15) is 11.6 Å². The topological polar surface area (TPSA) is 63.6 Å². The monoisotopic (exact) mass is 480 g/mol. The fourth-order valence-corrected chi connectivity index (χ4v) is 5.01. The highest BCUT2D eigenvalue weighted by molar-refractivity contribution is 14.1. The van der Waals surface area contributed by atoms with E-state index in [4.69, 9.17) is 0 Å². The summed E-state index contributed by atoms with van der Waals surface area (Å²) in [6.07, 6.45) is 0. The number of aromatic amines is 1. The van der Waals surface area contributed by atoms with Crippen molar-refractivity contribution < 1.29 is 0 Å². The predicted octanol–water partition coefficient (Wildman–Crippen LogP) is 4.31. The molecule has 26 heavy (non-hydrogen) atoms. The number of pyridine rings is 1. The van der Waals surface area contributed by atoms with Gasteiger partial charge in [-0.25, -0.2) is 9.67 Å². The minimum absolute atomic E-state index is 0.0507. The first-order valence-corrected chi connectivity index (χ1v) is 10.2. The van der Waals surface area contributed by atoms with Crippen LogP contribution in [0.15, 0.2) is 32.8 Å². The van der Waals surface area contributed by atoms with Gasteiger partial charge in [-0.2, -0.15) is 5.10 Å². The summed E-state index contributed by atoms with van der Waals surface area (Å²) in [5.41, 5.74) is 4.33. The minimum Gasteiger partial charge on any atom is -0.325 e. The third kappa shape index (κ3) is 4.03. The molecule has 0 amide bonds.